The number of nitrogens with one attached hydrogen (secondary N) is 2. The Morgan fingerprint density at radius 3 is 2.18 bits per heavy atom. The van der Waals surface area contributed by atoms with E-state index in [0.29, 0.717) is 25.1 Å². The maximum absolute atomic E-state index is 13.3. The van der Waals surface area contributed by atoms with Crippen LogP contribution < -0.4 is 15.6 Å². The van der Waals surface area contributed by atoms with Gasteiger partial charge in [-0.05, 0) is 60.0 Å². The molecule has 16 heteroatoms. The lowest BCUT2D eigenvalue weighted by molar-refractivity contribution is 0.565. The maximum atomic E-state index is 13.3. The van der Waals surface area contributed by atoms with Crippen molar-refractivity contribution in [3.8, 4) is 22.5 Å². The normalized spacial score (nSPS) is 17.2. The average molecular weight is 528 g/mol. The van der Waals surface area contributed by atoms with E-state index in [1.165, 1.54) is 36.4 Å². The van der Waals surface area contributed by atoms with Crippen molar-refractivity contribution >= 4 is 29.9 Å². The number of aromatic nitrogens is 4. The van der Waals surface area contributed by atoms with Gasteiger partial charge in [0.1, 0.15) is 4.90 Å². The highest BCUT2D eigenvalue weighted by atomic mass is 32.2. The smallest absolute Gasteiger partial charge is 0.240 e. The highest BCUT2D eigenvalue weighted by Crippen LogP contribution is 2.39. The van der Waals surface area contributed by atoms with Crippen molar-refractivity contribution in [1.29, 1.82) is 0 Å². The van der Waals surface area contributed by atoms with Crippen molar-refractivity contribution in [2.45, 2.75) is 21.1 Å². The number of primary sulfonamides is 2. The highest BCUT2D eigenvalue weighted by Gasteiger charge is 2.34. The van der Waals surface area contributed by atoms with E-state index in [2.05, 4.69) is 25.9 Å². The van der Waals surface area contributed by atoms with Gasteiger partial charge in [-0.2, -0.15) is 5.21 Å². The molecule has 0 radical (unpaired) electrons. The van der Waals surface area contributed by atoms with E-state index < -0.39 is 39.7 Å². The first-order valence-corrected chi connectivity index (χ1v) is 14.6. The zero-order valence-electron chi connectivity index (χ0n) is 17.5. The molecule has 2 heterocycles. The van der Waals surface area contributed by atoms with Crippen LogP contribution in [0.2, 0.25) is 0 Å². The summed E-state index contributed by atoms with van der Waals surface area (Å²) in [6.07, 6.45) is 0.635. The lowest BCUT2D eigenvalue weighted by Gasteiger charge is -2.17. The first kappa shape index (κ1) is 24.4. The molecule has 1 aliphatic heterocycles. The number of benzene rings is 2. The van der Waals surface area contributed by atoms with Gasteiger partial charge in [-0.3, -0.25) is 0 Å². The maximum Gasteiger partial charge on any atom is 0.240 e. The third kappa shape index (κ3) is 4.86. The van der Waals surface area contributed by atoms with Crippen LogP contribution in [0.25, 0.3) is 22.5 Å². The van der Waals surface area contributed by atoms with Gasteiger partial charge < -0.3 is 5.32 Å². The quantitative estimate of drug-likeness (QED) is 0.300. The molecule has 182 valence electrons. The molecule has 0 bridgehead atoms. The van der Waals surface area contributed by atoms with Crippen molar-refractivity contribution in [1.82, 2.24) is 25.9 Å². The minimum Gasteiger partial charge on any atom is -0.316 e. The number of aromatic amines is 1. The molecular weight excluding hydrogens is 506 g/mol. The van der Waals surface area contributed by atoms with Crippen LogP contribution in [0, 0.1) is 5.92 Å². The number of rotatable bonds is 7. The molecule has 1 aliphatic rings. The molecule has 0 spiro atoms. The summed E-state index contributed by atoms with van der Waals surface area (Å²) in [5.41, 5.74) is 0.374. The molecule has 6 N–H and O–H groups in total. The van der Waals surface area contributed by atoms with Crippen LogP contribution in [-0.4, -0.2) is 64.7 Å². The third-order valence-corrected chi connectivity index (χ3v) is 9.39. The molecule has 0 unspecified atom stereocenters. The SMILES string of the molecule is NS(=O)(=O)c1ccc(-c2ccc(S(=O)(=O)C[C@@H]3CCNC3)c(S(N)(=O)=O)c2-c2nn[nH]n2)cc1. The Morgan fingerprint density at radius 1 is 0.941 bits per heavy atom. The van der Waals surface area contributed by atoms with E-state index in [4.69, 9.17) is 10.3 Å². The van der Waals surface area contributed by atoms with Crippen molar-refractivity contribution < 1.29 is 25.3 Å². The molecule has 13 nitrogen and oxygen atoms in total. The van der Waals surface area contributed by atoms with Gasteiger partial charge in [-0.1, -0.05) is 18.2 Å². The zero-order valence-corrected chi connectivity index (χ0v) is 20.0. The van der Waals surface area contributed by atoms with Crippen LogP contribution in [0.4, 0.5) is 0 Å². The number of nitrogens with two attached hydrogens (primary N) is 2. The van der Waals surface area contributed by atoms with Gasteiger partial charge in [0.25, 0.3) is 0 Å². The third-order valence-electron chi connectivity index (χ3n) is 5.42. The molecule has 0 aliphatic carbocycles. The number of hydrogen-bond acceptors (Lipinski definition) is 10. The number of sulfonamides is 2. The summed E-state index contributed by atoms with van der Waals surface area (Å²) in [4.78, 5) is -1.28. The van der Waals surface area contributed by atoms with Crippen molar-refractivity contribution in [3.05, 3.63) is 36.4 Å². The van der Waals surface area contributed by atoms with Gasteiger partial charge in [-0.15, -0.1) is 10.2 Å². The molecule has 1 aromatic heterocycles. The summed E-state index contributed by atoms with van der Waals surface area (Å²) in [6, 6.07) is 7.82. The number of sulfone groups is 1. The Balaban J connectivity index is 1.98. The molecule has 2 aromatic carbocycles. The molecular formula is C18H21N7O6S3. The van der Waals surface area contributed by atoms with Crippen LogP contribution >= 0.6 is 0 Å². The van der Waals surface area contributed by atoms with Crippen molar-refractivity contribution in [3.63, 3.8) is 0 Å². The molecule has 0 saturated carbocycles. The second-order valence-electron chi connectivity index (χ2n) is 7.81. The predicted octanol–water partition coefficient (Wildman–Crippen LogP) is -0.788. The number of H-pyrrole nitrogens is 1. The van der Waals surface area contributed by atoms with Gasteiger partial charge in [0.15, 0.2) is 9.84 Å². The Labute approximate surface area is 196 Å². The zero-order chi connectivity index (χ0) is 24.7. The summed E-state index contributed by atoms with van der Waals surface area (Å²) >= 11 is 0. The number of hydrogen-bond donors (Lipinski definition) is 4. The summed E-state index contributed by atoms with van der Waals surface area (Å²) in [5.74, 6) is -0.650. The van der Waals surface area contributed by atoms with Crippen LogP contribution in [0.5, 0.6) is 0 Å². The second kappa shape index (κ2) is 8.79. The fourth-order valence-corrected chi connectivity index (χ4v) is 7.73. The Bertz CT molecular complexity index is 1530. The van der Waals surface area contributed by atoms with Crippen LogP contribution in [0.15, 0.2) is 51.1 Å². The van der Waals surface area contributed by atoms with Crippen LogP contribution in [-0.2, 0) is 29.9 Å². The monoisotopic (exact) mass is 527 g/mol. The Kier molecular flexibility index (Phi) is 6.30. The Hall–Kier alpha value is -2.76. The molecule has 1 atom stereocenters. The van der Waals surface area contributed by atoms with E-state index >= 15 is 0 Å². The first-order valence-electron chi connectivity index (χ1n) is 9.88. The van der Waals surface area contributed by atoms with Gasteiger partial charge >= 0.3 is 0 Å². The predicted molar refractivity (Wildman–Crippen MR) is 121 cm³/mol. The molecule has 34 heavy (non-hydrogen) atoms. The van der Waals surface area contributed by atoms with E-state index in [9.17, 15) is 25.3 Å². The van der Waals surface area contributed by atoms with Crippen molar-refractivity contribution in [2.24, 2.45) is 16.2 Å². The summed E-state index contributed by atoms with van der Waals surface area (Å²) in [7, 11) is -12.6. The molecule has 4 rings (SSSR count). The van der Waals surface area contributed by atoms with E-state index in [-0.39, 0.29) is 33.5 Å². The largest absolute Gasteiger partial charge is 0.316 e. The minimum atomic E-state index is -4.60. The van der Waals surface area contributed by atoms with Gasteiger partial charge in [0.05, 0.1) is 21.1 Å². The first-order chi connectivity index (χ1) is 15.9. The molecule has 1 fully saturated rings. The van der Waals surface area contributed by atoms with Crippen LogP contribution in [0.3, 0.4) is 0 Å². The summed E-state index contributed by atoms with van der Waals surface area (Å²) < 4.78 is 75.2. The molecule has 3 aromatic rings. The number of tetrazole rings is 1. The number of nitrogens with zero attached hydrogens (tertiary/aromatic N) is 3. The lowest BCUT2D eigenvalue weighted by Crippen LogP contribution is -2.23. The topological polar surface area (TPSA) is 221 Å². The van der Waals surface area contributed by atoms with E-state index in [1.54, 1.807) is 0 Å². The lowest BCUT2D eigenvalue weighted by atomic mass is 9.99. The standard InChI is InChI=1S/C18H21N7O6S3/c19-33(28,29)13-3-1-12(2-4-13)14-5-6-15(32(26,27)10-11-7-8-21-9-11)17(34(20,30)31)16(14)18-22-24-25-23-18/h1-6,11,21H,7-10H2,(H2,19,28,29)(H2,20,30,31)(H,22,23,24,25)/t11-/m1/s1. The average Bonchev–Trinajstić information content (AvgIpc) is 3.45. The molecule has 0 amide bonds. The minimum absolute atomic E-state index is 0.159. The summed E-state index contributed by atoms with van der Waals surface area (Å²) in [5, 5.41) is 27.1. The van der Waals surface area contributed by atoms with Gasteiger partial charge in [-0.25, -0.2) is 35.5 Å². The second-order valence-corrected chi connectivity index (χ2v) is 12.9. The fourth-order valence-electron chi connectivity index (χ4n) is 3.90. The summed E-state index contributed by atoms with van der Waals surface area (Å²) in [6.45, 7) is 1.17. The van der Waals surface area contributed by atoms with Crippen molar-refractivity contribution in [2.75, 3.05) is 18.8 Å². The van der Waals surface area contributed by atoms with Crippen LogP contribution in [0.1, 0.15) is 6.42 Å². The molecule has 1 saturated heterocycles. The van der Waals surface area contributed by atoms with E-state index in [0.717, 1.165) is 0 Å². The highest BCUT2D eigenvalue weighted by molar-refractivity contribution is 7.93. The van der Waals surface area contributed by atoms with E-state index in [1.807, 2.05) is 0 Å². The fraction of sp³-hybridized carbons (Fsp3) is 0.278. The van der Waals surface area contributed by atoms with Gasteiger partial charge in [0, 0.05) is 0 Å². The van der Waals surface area contributed by atoms with Gasteiger partial charge in [0.2, 0.25) is 25.9 Å². The Morgan fingerprint density at radius 2 is 1.65 bits per heavy atom.